The van der Waals surface area contributed by atoms with E-state index < -0.39 is 0 Å². The number of fused-ring (bicyclic) bond motifs is 1. The summed E-state index contributed by atoms with van der Waals surface area (Å²) in [5.74, 6) is 0.760. The number of aromatic nitrogens is 1. The van der Waals surface area contributed by atoms with Crippen LogP contribution in [0.25, 0.3) is 10.9 Å². The SMILES string of the molecule is CC(C)N1CCC(NC(=O)c2c(CSc3ccccc3)n(C)c3cc(Br)c(O)cc23)CC1. The van der Waals surface area contributed by atoms with Gasteiger partial charge in [-0.1, -0.05) is 18.2 Å². The second-order valence-electron chi connectivity index (χ2n) is 8.68. The topological polar surface area (TPSA) is 57.5 Å². The molecule has 4 rings (SSSR count). The lowest BCUT2D eigenvalue weighted by atomic mass is 10.0. The second kappa shape index (κ2) is 9.89. The Morgan fingerprint density at radius 3 is 2.56 bits per heavy atom. The molecule has 5 nitrogen and oxygen atoms in total. The number of thioether (sulfide) groups is 1. The fourth-order valence-corrected chi connectivity index (χ4v) is 5.73. The van der Waals surface area contributed by atoms with E-state index in [9.17, 15) is 9.90 Å². The fourth-order valence-electron chi connectivity index (χ4n) is 4.41. The van der Waals surface area contributed by atoms with Crippen LogP contribution in [0.3, 0.4) is 0 Å². The van der Waals surface area contributed by atoms with E-state index in [0.29, 0.717) is 21.8 Å². The maximum absolute atomic E-state index is 13.5. The van der Waals surface area contributed by atoms with Gasteiger partial charge in [0.25, 0.3) is 5.91 Å². The van der Waals surface area contributed by atoms with Gasteiger partial charge in [-0.15, -0.1) is 11.8 Å². The van der Waals surface area contributed by atoms with Gasteiger partial charge in [0.2, 0.25) is 0 Å². The second-order valence-corrected chi connectivity index (χ2v) is 10.6. The normalized spacial score (nSPS) is 15.5. The molecular formula is C25H30BrN3O2S. The number of hydrogen-bond donors (Lipinski definition) is 2. The third-order valence-electron chi connectivity index (χ3n) is 6.33. The number of nitrogens with one attached hydrogen (secondary N) is 1. The van der Waals surface area contributed by atoms with E-state index in [4.69, 9.17) is 0 Å². The summed E-state index contributed by atoms with van der Waals surface area (Å²) >= 11 is 5.13. The summed E-state index contributed by atoms with van der Waals surface area (Å²) in [6, 6.07) is 14.5. The number of halogens is 1. The van der Waals surface area contributed by atoms with E-state index in [1.54, 1.807) is 17.8 Å². The maximum atomic E-state index is 13.5. The number of hydrogen-bond acceptors (Lipinski definition) is 4. The standard InChI is InChI=1S/C25H30BrN3O2S/c1-16(2)29-11-9-17(10-12-29)27-25(31)24-19-13-23(30)20(26)14-21(19)28(3)22(24)15-32-18-7-5-4-6-8-18/h4-8,13-14,16-17,30H,9-12,15H2,1-3H3,(H,27,31). The molecule has 0 radical (unpaired) electrons. The van der Waals surface area contributed by atoms with Crippen LogP contribution >= 0.6 is 27.7 Å². The molecule has 3 aromatic rings. The summed E-state index contributed by atoms with van der Waals surface area (Å²) in [6.07, 6.45) is 1.92. The first-order chi connectivity index (χ1) is 15.3. The molecule has 1 saturated heterocycles. The molecule has 32 heavy (non-hydrogen) atoms. The van der Waals surface area contributed by atoms with Crippen LogP contribution in [0.1, 0.15) is 42.7 Å². The molecule has 0 aliphatic carbocycles. The van der Waals surface area contributed by atoms with E-state index in [-0.39, 0.29) is 17.7 Å². The van der Waals surface area contributed by atoms with Crippen LogP contribution in [-0.4, -0.2) is 45.7 Å². The highest BCUT2D eigenvalue weighted by atomic mass is 79.9. The van der Waals surface area contributed by atoms with Crippen molar-refractivity contribution in [3.8, 4) is 5.75 Å². The van der Waals surface area contributed by atoms with Gasteiger partial charge < -0.3 is 19.9 Å². The molecular weight excluding hydrogens is 486 g/mol. The minimum Gasteiger partial charge on any atom is -0.507 e. The van der Waals surface area contributed by atoms with E-state index in [1.807, 2.05) is 31.3 Å². The Morgan fingerprint density at radius 1 is 1.22 bits per heavy atom. The first-order valence-corrected chi connectivity index (χ1v) is 12.9. The molecule has 1 amide bonds. The Bertz CT molecular complexity index is 1110. The number of carbonyl (C=O) groups excluding carboxylic acids is 1. The van der Waals surface area contributed by atoms with Crippen molar-refractivity contribution >= 4 is 44.5 Å². The number of aryl methyl sites for hydroxylation is 1. The molecule has 2 aromatic carbocycles. The minimum absolute atomic E-state index is 0.0519. The van der Waals surface area contributed by atoms with E-state index in [2.05, 4.69) is 56.7 Å². The zero-order valence-corrected chi connectivity index (χ0v) is 21.2. The molecule has 0 unspecified atom stereocenters. The number of benzene rings is 2. The monoisotopic (exact) mass is 515 g/mol. The largest absolute Gasteiger partial charge is 0.507 e. The van der Waals surface area contributed by atoms with E-state index in [1.165, 1.54) is 0 Å². The van der Waals surface area contributed by atoms with Gasteiger partial charge in [0.1, 0.15) is 5.75 Å². The van der Waals surface area contributed by atoms with Crippen molar-refractivity contribution in [2.45, 2.75) is 49.4 Å². The zero-order chi connectivity index (χ0) is 22.8. The van der Waals surface area contributed by atoms with Gasteiger partial charge in [-0.25, -0.2) is 0 Å². The van der Waals surface area contributed by atoms with Crippen molar-refractivity contribution in [3.05, 3.63) is 58.2 Å². The van der Waals surface area contributed by atoms with Gasteiger partial charge in [-0.05, 0) is 66.9 Å². The van der Waals surface area contributed by atoms with Crippen LogP contribution in [0.5, 0.6) is 5.75 Å². The quantitative estimate of drug-likeness (QED) is 0.423. The summed E-state index contributed by atoms with van der Waals surface area (Å²) in [4.78, 5) is 17.2. The summed E-state index contributed by atoms with van der Waals surface area (Å²) in [6.45, 7) is 6.44. The number of likely N-dealkylation sites (tertiary alicyclic amines) is 1. The van der Waals surface area contributed by atoms with Gasteiger partial charge in [0, 0.05) is 53.9 Å². The maximum Gasteiger partial charge on any atom is 0.253 e. The van der Waals surface area contributed by atoms with Crippen LogP contribution in [0, 0.1) is 0 Å². The van der Waals surface area contributed by atoms with Crippen molar-refractivity contribution in [1.29, 1.82) is 0 Å². The van der Waals surface area contributed by atoms with Crippen molar-refractivity contribution < 1.29 is 9.90 Å². The summed E-state index contributed by atoms with van der Waals surface area (Å²) in [5, 5.41) is 14.4. The number of carbonyl (C=O) groups is 1. The van der Waals surface area contributed by atoms with Gasteiger partial charge in [0.05, 0.1) is 15.6 Å². The third-order valence-corrected chi connectivity index (χ3v) is 7.99. The highest BCUT2D eigenvalue weighted by molar-refractivity contribution is 9.10. The van der Waals surface area contributed by atoms with E-state index in [0.717, 1.165) is 47.4 Å². The Balaban J connectivity index is 1.63. The number of phenolic OH excluding ortho intramolecular Hbond substituents is 1. The van der Waals surface area contributed by atoms with Crippen LogP contribution in [0.2, 0.25) is 0 Å². The molecule has 0 bridgehead atoms. The Labute approximate surface area is 202 Å². The van der Waals surface area contributed by atoms with Crippen molar-refractivity contribution in [3.63, 3.8) is 0 Å². The molecule has 1 fully saturated rings. The molecule has 170 valence electrons. The number of amides is 1. The Hall–Kier alpha value is -1.96. The van der Waals surface area contributed by atoms with Gasteiger partial charge in [-0.3, -0.25) is 4.79 Å². The summed E-state index contributed by atoms with van der Waals surface area (Å²) < 4.78 is 2.70. The molecule has 1 aromatic heterocycles. The van der Waals surface area contributed by atoms with E-state index >= 15 is 0 Å². The Morgan fingerprint density at radius 2 is 1.91 bits per heavy atom. The number of rotatable bonds is 6. The fraction of sp³-hybridized carbons (Fsp3) is 0.400. The highest BCUT2D eigenvalue weighted by Gasteiger charge is 2.27. The first-order valence-electron chi connectivity index (χ1n) is 11.1. The smallest absolute Gasteiger partial charge is 0.253 e. The lowest BCUT2D eigenvalue weighted by molar-refractivity contribution is 0.0901. The third kappa shape index (κ3) is 4.85. The molecule has 0 atom stereocenters. The number of nitrogens with zero attached hydrogens (tertiary/aromatic N) is 2. The Kier molecular flexibility index (Phi) is 7.17. The van der Waals surface area contributed by atoms with Gasteiger partial charge in [0.15, 0.2) is 0 Å². The number of aromatic hydroxyl groups is 1. The predicted molar refractivity (Wildman–Crippen MR) is 135 cm³/mol. The average Bonchev–Trinajstić information content (AvgIpc) is 3.04. The van der Waals surface area contributed by atoms with Crippen molar-refractivity contribution in [1.82, 2.24) is 14.8 Å². The number of piperidine rings is 1. The summed E-state index contributed by atoms with van der Waals surface area (Å²) in [7, 11) is 1.99. The molecule has 1 aliphatic heterocycles. The molecule has 0 saturated carbocycles. The highest BCUT2D eigenvalue weighted by Crippen LogP contribution is 2.36. The van der Waals surface area contributed by atoms with Gasteiger partial charge >= 0.3 is 0 Å². The lowest BCUT2D eigenvalue weighted by Crippen LogP contribution is -2.46. The van der Waals surface area contributed by atoms with Crippen LogP contribution in [-0.2, 0) is 12.8 Å². The molecule has 2 N–H and O–H groups in total. The van der Waals surface area contributed by atoms with Crippen molar-refractivity contribution in [2.24, 2.45) is 7.05 Å². The molecule has 1 aliphatic rings. The number of phenols is 1. The predicted octanol–water partition coefficient (Wildman–Crippen LogP) is 5.54. The van der Waals surface area contributed by atoms with Crippen LogP contribution < -0.4 is 5.32 Å². The zero-order valence-electron chi connectivity index (χ0n) is 18.8. The van der Waals surface area contributed by atoms with Crippen LogP contribution in [0.15, 0.2) is 51.8 Å². The molecule has 7 heteroatoms. The minimum atomic E-state index is -0.0519. The van der Waals surface area contributed by atoms with Crippen molar-refractivity contribution in [2.75, 3.05) is 13.1 Å². The first kappa shape index (κ1) is 23.2. The molecule has 0 spiro atoms. The lowest BCUT2D eigenvalue weighted by Gasteiger charge is -2.34. The summed E-state index contributed by atoms with van der Waals surface area (Å²) in [5.41, 5.74) is 2.56. The molecule has 2 heterocycles. The van der Waals surface area contributed by atoms with Crippen LogP contribution in [0.4, 0.5) is 0 Å². The average molecular weight is 517 g/mol. The van der Waals surface area contributed by atoms with Gasteiger partial charge in [-0.2, -0.15) is 0 Å².